The van der Waals surface area contributed by atoms with E-state index in [2.05, 4.69) is 17.9 Å². The Hall–Kier alpha value is -1.88. The highest BCUT2D eigenvalue weighted by molar-refractivity contribution is 5.96. The van der Waals surface area contributed by atoms with E-state index >= 15 is 0 Å². The summed E-state index contributed by atoms with van der Waals surface area (Å²) < 4.78 is 0. The molecule has 3 aliphatic rings. The van der Waals surface area contributed by atoms with E-state index in [1.807, 2.05) is 28.0 Å². The second-order valence-electron chi connectivity index (χ2n) is 7.80. The number of piperazine rings is 1. The van der Waals surface area contributed by atoms with E-state index in [1.54, 1.807) is 0 Å². The Morgan fingerprint density at radius 2 is 1.76 bits per heavy atom. The van der Waals surface area contributed by atoms with Crippen LogP contribution in [-0.2, 0) is 16.0 Å². The molecule has 2 fully saturated rings. The highest BCUT2D eigenvalue weighted by Crippen LogP contribution is 2.34. The van der Waals surface area contributed by atoms with Crippen LogP contribution in [0.25, 0.3) is 0 Å². The lowest BCUT2D eigenvalue weighted by molar-refractivity contribution is -0.141. The van der Waals surface area contributed by atoms with Crippen LogP contribution in [0.3, 0.4) is 0 Å². The molecule has 5 nitrogen and oxygen atoms in total. The highest BCUT2D eigenvalue weighted by Gasteiger charge is 2.35. The van der Waals surface area contributed by atoms with Gasteiger partial charge >= 0.3 is 0 Å². The standard InChI is InChI=1S/C20H27N3O2/c1-15-12-17(13-15)20(25)22-10-8-21(9-11-22)14-19(24)23-7-6-16-4-2-3-5-18(16)23/h2-5,15,17H,6-14H2,1H3. The Balaban J connectivity index is 1.28. The number of hydrogen-bond acceptors (Lipinski definition) is 3. The number of amides is 2. The average Bonchev–Trinajstić information content (AvgIpc) is 3.03. The van der Waals surface area contributed by atoms with Gasteiger partial charge < -0.3 is 9.80 Å². The molecule has 0 atom stereocenters. The molecule has 25 heavy (non-hydrogen) atoms. The van der Waals surface area contributed by atoms with Gasteiger partial charge in [-0.05, 0) is 36.8 Å². The number of hydrogen-bond donors (Lipinski definition) is 0. The number of nitrogens with zero attached hydrogens (tertiary/aromatic N) is 3. The van der Waals surface area contributed by atoms with Gasteiger partial charge in [0.25, 0.3) is 0 Å². The molecule has 2 amide bonds. The van der Waals surface area contributed by atoms with Crippen LogP contribution in [0, 0.1) is 11.8 Å². The van der Waals surface area contributed by atoms with Gasteiger partial charge in [-0.1, -0.05) is 25.1 Å². The van der Waals surface area contributed by atoms with Crippen LogP contribution in [0.15, 0.2) is 24.3 Å². The molecular formula is C20H27N3O2. The number of carbonyl (C=O) groups excluding carboxylic acids is 2. The van der Waals surface area contributed by atoms with Crippen molar-refractivity contribution in [3.63, 3.8) is 0 Å². The number of para-hydroxylation sites is 1. The van der Waals surface area contributed by atoms with Crippen LogP contribution in [0.4, 0.5) is 5.69 Å². The lowest BCUT2D eigenvalue weighted by Gasteiger charge is -2.40. The molecule has 1 aromatic rings. The molecule has 1 aromatic carbocycles. The van der Waals surface area contributed by atoms with Crippen LogP contribution >= 0.6 is 0 Å². The van der Waals surface area contributed by atoms with Crippen molar-refractivity contribution in [1.29, 1.82) is 0 Å². The van der Waals surface area contributed by atoms with Crippen molar-refractivity contribution >= 4 is 17.5 Å². The zero-order chi connectivity index (χ0) is 17.4. The molecule has 1 saturated heterocycles. The monoisotopic (exact) mass is 341 g/mol. The first-order valence-electron chi connectivity index (χ1n) is 9.51. The Kier molecular flexibility index (Phi) is 4.50. The predicted octanol–water partition coefficient (Wildman–Crippen LogP) is 1.77. The number of benzene rings is 1. The highest BCUT2D eigenvalue weighted by atomic mass is 16.2. The number of carbonyl (C=O) groups is 2. The average molecular weight is 341 g/mol. The van der Waals surface area contributed by atoms with E-state index in [0.717, 1.165) is 57.7 Å². The summed E-state index contributed by atoms with van der Waals surface area (Å²) in [6, 6.07) is 8.17. The van der Waals surface area contributed by atoms with Crippen LogP contribution < -0.4 is 4.90 Å². The molecule has 0 N–H and O–H groups in total. The molecule has 0 bridgehead atoms. The Morgan fingerprint density at radius 1 is 1.04 bits per heavy atom. The van der Waals surface area contributed by atoms with Crippen molar-refractivity contribution in [2.24, 2.45) is 11.8 Å². The fourth-order valence-corrected chi connectivity index (χ4v) is 4.36. The molecule has 134 valence electrons. The molecule has 1 aliphatic carbocycles. The minimum Gasteiger partial charge on any atom is -0.340 e. The second-order valence-corrected chi connectivity index (χ2v) is 7.80. The van der Waals surface area contributed by atoms with Gasteiger partial charge in [0, 0.05) is 44.3 Å². The van der Waals surface area contributed by atoms with E-state index in [1.165, 1.54) is 5.56 Å². The molecule has 2 heterocycles. The fraction of sp³-hybridized carbons (Fsp3) is 0.600. The van der Waals surface area contributed by atoms with Gasteiger partial charge in [0.1, 0.15) is 0 Å². The molecule has 0 aromatic heterocycles. The van der Waals surface area contributed by atoms with Gasteiger partial charge in [0.2, 0.25) is 11.8 Å². The summed E-state index contributed by atoms with van der Waals surface area (Å²) in [5.74, 6) is 1.47. The first-order valence-corrected chi connectivity index (χ1v) is 9.51. The number of anilines is 1. The van der Waals surface area contributed by atoms with Gasteiger partial charge in [-0.15, -0.1) is 0 Å². The van der Waals surface area contributed by atoms with Crippen molar-refractivity contribution < 1.29 is 9.59 Å². The first-order chi connectivity index (χ1) is 12.1. The molecule has 2 aliphatic heterocycles. The maximum atomic E-state index is 12.7. The Morgan fingerprint density at radius 3 is 2.48 bits per heavy atom. The molecule has 0 radical (unpaired) electrons. The van der Waals surface area contributed by atoms with Gasteiger partial charge in [-0.3, -0.25) is 14.5 Å². The van der Waals surface area contributed by atoms with Crippen molar-refractivity contribution in [2.75, 3.05) is 44.2 Å². The summed E-state index contributed by atoms with van der Waals surface area (Å²) in [4.78, 5) is 31.2. The van der Waals surface area contributed by atoms with Crippen molar-refractivity contribution in [3.05, 3.63) is 29.8 Å². The maximum absolute atomic E-state index is 12.7. The van der Waals surface area contributed by atoms with Crippen molar-refractivity contribution in [3.8, 4) is 0 Å². The summed E-state index contributed by atoms with van der Waals surface area (Å²) in [6.07, 6.45) is 3.04. The van der Waals surface area contributed by atoms with Crippen LogP contribution in [0.5, 0.6) is 0 Å². The number of fused-ring (bicyclic) bond motifs is 1. The minimum atomic E-state index is 0.178. The summed E-state index contributed by atoms with van der Waals surface area (Å²) in [5.41, 5.74) is 2.33. The summed E-state index contributed by atoms with van der Waals surface area (Å²) >= 11 is 0. The zero-order valence-electron chi connectivity index (χ0n) is 15.0. The number of rotatable bonds is 3. The van der Waals surface area contributed by atoms with Gasteiger partial charge in [-0.25, -0.2) is 0 Å². The first kappa shape index (κ1) is 16.6. The third kappa shape index (κ3) is 3.30. The zero-order valence-corrected chi connectivity index (χ0v) is 15.0. The smallest absolute Gasteiger partial charge is 0.241 e. The van der Waals surface area contributed by atoms with Gasteiger partial charge in [0.15, 0.2) is 0 Å². The van der Waals surface area contributed by atoms with Crippen LogP contribution in [0.2, 0.25) is 0 Å². The van der Waals surface area contributed by atoms with Gasteiger partial charge in [0.05, 0.1) is 6.54 Å². The topological polar surface area (TPSA) is 43.9 Å². The quantitative estimate of drug-likeness (QED) is 0.842. The molecule has 0 unspecified atom stereocenters. The fourth-order valence-electron chi connectivity index (χ4n) is 4.36. The van der Waals surface area contributed by atoms with Crippen LogP contribution in [-0.4, -0.2) is 60.9 Å². The Labute approximate surface area is 149 Å². The molecule has 5 heteroatoms. The molecular weight excluding hydrogens is 314 g/mol. The lowest BCUT2D eigenvalue weighted by Crippen LogP contribution is -2.53. The van der Waals surface area contributed by atoms with Crippen molar-refractivity contribution in [1.82, 2.24) is 9.80 Å². The SMILES string of the molecule is CC1CC(C(=O)N2CCN(CC(=O)N3CCc4ccccc43)CC2)C1. The summed E-state index contributed by atoms with van der Waals surface area (Å²) in [7, 11) is 0. The van der Waals surface area contributed by atoms with Crippen molar-refractivity contribution in [2.45, 2.75) is 26.2 Å². The summed E-state index contributed by atoms with van der Waals surface area (Å²) in [5, 5.41) is 0. The second kappa shape index (κ2) is 6.79. The molecule has 1 saturated carbocycles. The largest absolute Gasteiger partial charge is 0.340 e. The Bertz CT molecular complexity index is 661. The third-order valence-corrected chi connectivity index (χ3v) is 5.95. The van der Waals surface area contributed by atoms with E-state index in [-0.39, 0.29) is 11.8 Å². The van der Waals surface area contributed by atoms with E-state index in [4.69, 9.17) is 0 Å². The van der Waals surface area contributed by atoms with Gasteiger partial charge in [-0.2, -0.15) is 0 Å². The third-order valence-electron chi connectivity index (χ3n) is 5.95. The molecule has 4 rings (SSSR count). The minimum absolute atomic E-state index is 0.178. The van der Waals surface area contributed by atoms with Crippen LogP contribution in [0.1, 0.15) is 25.3 Å². The predicted molar refractivity (Wildman–Crippen MR) is 97.4 cm³/mol. The normalized spacial score (nSPS) is 26.3. The van der Waals surface area contributed by atoms with E-state index in [9.17, 15) is 9.59 Å². The molecule has 0 spiro atoms. The lowest BCUT2D eigenvalue weighted by atomic mass is 9.75. The van der Waals surface area contributed by atoms with E-state index < -0.39 is 0 Å². The maximum Gasteiger partial charge on any atom is 0.241 e. The summed E-state index contributed by atoms with van der Waals surface area (Å²) in [6.45, 7) is 6.57. The van der Waals surface area contributed by atoms with E-state index in [0.29, 0.717) is 18.4 Å².